The molecule has 0 atom stereocenters. The Morgan fingerprint density at radius 1 is 1.07 bits per heavy atom. The quantitative estimate of drug-likeness (QED) is 0.337. The molecule has 0 radical (unpaired) electrons. The Labute approximate surface area is 171 Å². The molecule has 2 amide bonds. The van der Waals surface area contributed by atoms with Crippen LogP contribution in [0, 0.1) is 0 Å². The molecular weight excluding hydrogens is 370 g/mol. The van der Waals surface area contributed by atoms with Crippen LogP contribution in [-0.4, -0.2) is 62.9 Å². The number of hydrogen-bond donors (Lipinski definition) is 3. The molecule has 0 bridgehead atoms. The number of aliphatic imine (C=N–C) groups is 1. The summed E-state index contributed by atoms with van der Waals surface area (Å²) in [5.74, 6) is 0.716. The lowest BCUT2D eigenvalue weighted by Crippen LogP contribution is -2.41. The summed E-state index contributed by atoms with van der Waals surface area (Å²) in [6.45, 7) is 4.28. The van der Waals surface area contributed by atoms with Crippen LogP contribution in [0.15, 0.2) is 52.1 Å². The maximum absolute atomic E-state index is 12.1. The first-order valence-corrected chi connectivity index (χ1v) is 9.65. The van der Waals surface area contributed by atoms with Crippen molar-refractivity contribution < 1.29 is 14.0 Å². The molecule has 2 rings (SSSR count). The van der Waals surface area contributed by atoms with Crippen molar-refractivity contribution in [1.82, 2.24) is 20.9 Å². The van der Waals surface area contributed by atoms with Crippen LogP contribution in [0.25, 0.3) is 0 Å². The van der Waals surface area contributed by atoms with Crippen LogP contribution in [0.4, 0.5) is 0 Å². The first-order chi connectivity index (χ1) is 14.0. The van der Waals surface area contributed by atoms with Gasteiger partial charge in [-0.15, -0.1) is 0 Å². The minimum absolute atomic E-state index is 0.0121. The fourth-order valence-electron chi connectivity index (χ4n) is 2.61. The van der Waals surface area contributed by atoms with Gasteiger partial charge in [0.1, 0.15) is 0 Å². The summed E-state index contributed by atoms with van der Waals surface area (Å²) >= 11 is 0. The van der Waals surface area contributed by atoms with Gasteiger partial charge in [-0.2, -0.15) is 0 Å². The van der Waals surface area contributed by atoms with Gasteiger partial charge in [0.05, 0.1) is 6.26 Å². The molecule has 3 N–H and O–H groups in total. The van der Waals surface area contributed by atoms with Crippen molar-refractivity contribution in [2.75, 3.05) is 40.3 Å². The highest BCUT2D eigenvalue weighted by molar-refractivity contribution is 5.94. The molecule has 0 aliphatic rings. The summed E-state index contributed by atoms with van der Waals surface area (Å²) in [5.41, 5.74) is 1.73. The van der Waals surface area contributed by atoms with Crippen molar-refractivity contribution in [2.24, 2.45) is 4.99 Å². The summed E-state index contributed by atoms with van der Waals surface area (Å²) in [7, 11) is 3.48. The van der Waals surface area contributed by atoms with E-state index in [1.165, 1.54) is 6.26 Å². The van der Waals surface area contributed by atoms with Gasteiger partial charge in [0.2, 0.25) is 0 Å². The van der Waals surface area contributed by atoms with E-state index >= 15 is 0 Å². The van der Waals surface area contributed by atoms with Crippen LogP contribution in [0.5, 0.6) is 0 Å². The van der Waals surface area contributed by atoms with Crippen molar-refractivity contribution in [3.05, 3.63) is 59.5 Å². The van der Waals surface area contributed by atoms with Crippen LogP contribution in [-0.2, 0) is 6.42 Å². The number of amides is 2. The molecular formula is C21H29N5O3. The highest BCUT2D eigenvalue weighted by Crippen LogP contribution is 2.08. The first-order valence-electron chi connectivity index (χ1n) is 9.65. The maximum atomic E-state index is 12.1. The minimum atomic E-state index is -0.245. The normalized spacial score (nSPS) is 11.1. The number of hydrogen-bond acceptors (Lipinski definition) is 4. The summed E-state index contributed by atoms with van der Waals surface area (Å²) in [4.78, 5) is 30.0. The molecule has 0 aliphatic carbocycles. The van der Waals surface area contributed by atoms with Crippen molar-refractivity contribution >= 4 is 17.8 Å². The van der Waals surface area contributed by atoms with Gasteiger partial charge in [0, 0.05) is 45.8 Å². The van der Waals surface area contributed by atoms with E-state index in [0.717, 1.165) is 18.5 Å². The van der Waals surface area contributed by atoms with Crippen LogP contribution in [0.3, 0.4) is 0 Å². The molecule has 8 heteroatoms. The standard InChI is InChI=1S/C21H29N5O3/c1-4-22-21(25-13-12-23-19(27)18-9-6-14-29-18)24-11-10-16-7-5-8-17(15-16)20(28)26(2)3/h5-9,14-15H,4,10-13H2,1-3H3,(H,23,27)(H2,22,24,25). The third-order valence-corrected chi connectivity index (χ3v) is 4.04. The molecule has 0 spiro atoms. The molecule has 1 aromatic carbocycles. The van der Waals surface area contributed by atoms with Crippen LogP contribution in [0.2, 0.25) is 0 Å². The maximum Gasteiger partial charge on any atom is 0.287 e. The van der Waals surface area contributed by atoms with Gasteiger partial charge in [-0.05, 0) is 43.2 Å². The number of carbonyl (C=O) groups excluding carboxylic acids is 2. The SMILES string of the molecule is CCNC(=NCCc1cccc(C(=O)N(C)C)c1)NCCNC(=O)c1ccco1. The molecule has 1 aromatic heterocycles. The Morgan fingerprint density at radius 2 is 1.86 bits per heavy atom. The molecule has 1 heterocycles. The Balaban J connectivity index is 1.80. The summed E-state index contributed by atoms with van der Waals surface area (Å²) in [6, 6.07) is 10.9. The molecule has 0 fully saturated rings. The van der Waals surface area contributed by atoms with Crippen LogP contribution < -0.4 is 16.0 Å². The van der Waals surface area contributed by atoms with Gasteiger partial charge in [-0.3, -0.25) is 14.6 Å². The predicted octanol–water partition coefficient (Wildman–Crippen LogP) is 1.51. The number of nitrogens with one attached hydrogen (secondary N) is 3. The molecule has 156 valence electrons. The number of carbonyl (C=O) groups is 2. The molecule has 29 heavy (non-hydrogen) atoms. The largest absolute Gasteiger partial charge is 0.459 e. The van der Waals surface area contributed by atoms with Crippen molar-refractivity contribution in [2.45, 2.75) is 13.3 Å². The molecule has 0 saturated heterocycles. The van der Waals surface area contributed by atoms with Gasteiger partial charge in [-0.25, -0.2) is 0 Å². The second-order valence-corrected chi connectivity index (χ2v) is 6.57. The van der Waals surface area contributed by atoms with E-state index in [0.29, 0.717) is 36.9 Å². The second kappa shape index (κ2) is 11.5. The third-order valence-electron chi connectivity index (χ3n) is 4.04. The highest BCUT2D eigenvalue weighted by atomic mass is 16.3. The first kappa shape index (κ1) is 22.0. The van der Waals surface area contributed by atoms with E-state index < -0.39 is 0 Å². The zero-order valence-electron chi connectivity index (χ0n) is 17.2. The number of furan rings is 1. The second-order valence-electron chi connectivity index (χ2n) is 6.57. The Hall–Kier alpha value is -3.29. The summed E-state index contributed by atoms with van der Waals surface area (Å²) in [5, 5.41) is 9.14. The van der Waals surface area contributed by atoms with Crippen molar-refractivity contribution in [1.29, 1.82) is 0 Å². The van der Waals surface area contributed by atoms with E-state index in [1.54, 1.807) is 31.1 Å². The number of benzene rings is 1. The van der Waals surface area contributed by atoms with Gasteiger partial charge in [-0.1, -0.05) is 12.1 Å². The number of rotatable bonds is 9. The van der Waals surface area contributed by atoms with E-state index in [4.69, 9.17) is 4.42 Å². The molecule has 0 aliphatic heterocycles. The lowest BCUT2D eigenvalue weighted by atomic mass is 10.1. The van der Waals surface area contributed by atoms with Crippen molar-refractivity contribution in [3.63, 3.8) is 0 Å². The summed E-state index contributed by atoms with van der Waals surface area (Å²) in [6.07, 6.45) is 2.19. The zero-order chi connectivity index (χ0) is 21.1. The molecule has 2 aromatic rings. The topological polar surface area (TPSA) is 99.0 Å². The average molecular weight is 399 g/mol. The fraction of sp³-hybridized carbons (Fsp3) is 0.381. The van der Waals surface area contributed by atoms with Gasteiger partial charge < -0.3 is 25.3 Å². The molecule has 0 saturated carbocycles. The zero-order valence-corrected chi connectivity index (χ0v) is 17.2. The van der Waals surface area contributed by atoms with E-state index in [-0.39, 0.29) is 11.8 Å². The predicted molar refractivity (Wildman–Crippen MR) is 113 cm³/mol. The average Bonchev–Trinajstić information content (AvgIpc) is 3.25. The van der Waals surface area contributed by atoms with Gasteiger partial charge >= 0.3 is 0 Å². The third kappa shape index (κ3) is 7.33. The summed E-state index contributed by atoms with van der Waals surface area (Å²) < 4.78 is 5.05. The number of nitrogens with zero attached hydrogens (tertiary/aromatic N) is 2. The molecule has 8 nitrogen and oxygen atoms in total. The monoisotopic (exact) mass is 399 g/mol. The van der Waals surface area contributed by atoms with Crippen molar-refractivity contribution in [3.8, 4) is 0 Å². The fourth-order valence-corrected chi connectivity index (χ4v) is 2.61. The lowest BCUT2D eigenvalue weighted by molar-refractivity contribution is 0.0827. The lowest BCUT2D eigenvalue weighted by Gasteiger charge is -2.12. The smallest absolute Gasteiger partial charge is 0.287 e. The molecule has 0 unspecified atom stereocenters. The highest BCUT2D eigenvalue weighted by Gasteiger charge is 2.08. The number of guanidine groups is 1. The van der Waals surface area contributed by atoms with E-state index in [9.17, 15) is 9.59 Å². The van der Waals surface area contributed by atoms with Crippen LogP contribution >= 0.6 is 0 Å². The van der Waals surface area contributed by atoms with Gasteiger partial charge in [0.15, 0.2) is 11.7 Å². The van der Waals surface area contributed by atoms with Crippen LogP contribution in [0.1, 0.15) is 33.4 Å². The Bertz CT molecular complexity index is 815. The van der Waals surface area contributed by atoms with Gasteiger partial charge in [0.25, 0.3) is 11.8 Å². The van der Waals surface area contributed by atoms with E-state index in [2.05, 4.69) is 20.9 Å². The Kier molecular flexibility index (Phi) is 8.75. The van der Waals surface area contributed by atoms with E-state index in [1.807, 2.05) is 31.2 Å². The minimum Gasteiger partial charge on any atom is -0.459 e. The Morgan fingerprint density at radius 3 is 2.55 bits per heavy atom.